The molecule has 2 unspecified atom stereocenters. The Balaban J connectivity index is 2.42. The molecule has 0 aromatic heterocycles. The van der Waals surface area contributed by atoms with Crippen molar-refractivity contribution in [3.8, 4) is 0 Å². The van der Waals surface area contributed by atoms with Crippen molar-refractivity contribution in [1.82, 2.24) is 15.5 Å². The first kappa shape index (κ1) is 17.4. The van der Waals surface area contributed by atoms with E-state index in [1.165, 1.54) is 12.8 Å². The molecule has 4 heteroatoms. The molecule has 0 aromatic carbocycles. The SMILES string of the molecule is CCC(CC)NC(=O)C(C)N1CCC(C(C)NC)CC1. The molecule has 1 rings (SSSR count). The molecule has 4 nitrogen and oxygen atoms in total. The molecule has 0 aliphatic carbocycles. The zero-order chi connectivity index (χ0) is 15.1. The Morgan fingerprint density at radius 2 is 1.75 bits per heavy atom. The summed E-state index contributed by atoms with van der Waals surface area (Å²) in [4.78, 5) is 14.6. The highest BCUT2D eigenvalue weighted by molar-refractivity contribution is 5.81. The summed E-state index contributed by atoms with van der Waals surface area (Å²) in [5.41, 5.74) is 0. The molecular weight excluding hydrogens is 250 g/mol. The highest BCUT2D eigenvalue weighted by Gasteiger charge is 2.28. The van der Waals surface area contributed by atoms with Crippen molar-refractivity contribution in [2.45, 2.75) is 71.5 Å². The van der Waals surface area contributed by atoms with Crippen LogP contribution in [-0.4, -0.2) is 49.1 Å². The lowest BCUT2D eigenvalue weighted by molar-refractivity contribution is -0.127. The Hall–Kier alpha value is -0.610. The smallest absolute Gasteiger partial charge is 0.237 e. The normalized spacial score (nSPS) is 20.9. The summed E-state index contributed by atoms with van der Waals surface area (Å²) in [7, 11) is 2.03. The molecule has 0 spiro atoms. The minimum atomic E-state index is 0.00134. The van der Waals surface area contributed by atoms with Crippen LogP contribution in [0.2, 0.25) is 0 Å². The highest BCUT2D eigenvalue weighted by atomic mass is 16.2. The molecule has 20 heavy (non-hydrogen) atoms. The van der Waals surface area contributed by atoms with E-state index in [1.54, 1.807) is 0 Å². The Labute approximate surface area is 124 Å². The van der Waals surface area contributed by atoms with Crippen LogP contribution in [0, 0.1) is 5.92 Å². The zero-order valence-electron chi connectivity index (χ0n) is 13.9. The number of amides is 1. The quantitative estimate of drug-likeness (QED) is 0.751. The molecule has 0 radical (unpaired) electrons. The van der Waals surface area contributed by atoms with Crippen molar-refractivity contribution >= 4 is 5.91 Å². The van der Waals surface area contributed by atoms with Gasteiger partial charge in [0.25, 0.3) is 0 Å². The van der Waals surface area contributed by atoms with Gasteiger partial charge >= 0.3 is 0 Å². The van der Waals surface area contributed by atoms with Gasteiger partial charge in [0.2, 0.25) is 5.91 Å². The molecular formula is C16H33N3O. The first-order chi connectivity index (χ1) is 9.53. The average Bonchev–Trinajstić information content (AvgIpc) is 2.50. The summed E-state index contributed by atoms with van der Waals surface area (Å²) in [6.45, 7) is 10.6. The van der Waals surface area contributed by atoms with Crippen molar-refractivity contribution in [3.05, 3.63) is 0 Å². The van der Waals surface area contributed by atoms with Crippen molar-refractivity contribution in [2.24, 2.45) is 5.92 Å². The summed E-state index contributed by atoms with van der Waals surface area (Å²) in [6, 6.07) is 0.902. The van der Waals surface area contributed by atoms with E-state index in [-0.39, 0.29) is 11.9 Å². The van der Waals surface area contributed by atoms with Gasteiger partial charge in [0, 0.05) is 12.1 Å². The number of nitrogens with one attached hydrogen (secondary N) is 2. The Kier molecular flexibility index (Phi) is 7.52. The Morgan fingerprint density at radius 1 is 1.20 bits per heavy atom. The fourth-order valence-electron chi connectivity index (χ4n) is 3.02. The van der Waals surface area contributed by atoms with Gasteiger partial charge in [-0.2, -0.15) is 0 Å². The monoisotopic (exact) mass is 283 g/mol. The van der Waals surface area contributed by atoms with Gasteiger partial charge in [0.15, 0.2) is 0 Å². The topological polar surface area (TPSA) is 44.4 Å². The van der Waals surface area contributed by atoms with Crippen LogP contribution in [0.1, 0.15) is 53.4 Å². The highest BCUT2D eigenvalue weighted by Crippen LogP contribution is 2.22. The van der Waals surface area contributed by atoms with Crippen LogP contribution in [0.25, 0.3) is 0 Å². The second kappa shape index (κ2) is 8.63. The number of rotatable bonds is 7. The molecule has 1 fully saturated rings. The van der Waals surface area contributed by atoms with Crippen LogP contribution in [0.15, 0.2) is 0 Å². The summed E-state index contributed by atoms with van der Waals surface area (Å²) < 4.78 is 0. The lowest BCUT2D eigenvalue weighted by Crippen LogP contribution is -2.51. The number of hydrogen-bond donors (Lipinski definition) is 2. The maximum atomic E-state index is 12.3. The molecule has 118 valence electrons. The Morgan fingerprint density at radius 3 is 2.20 bits per heavy atom. The average molecular weight is 283 g/mol. The van der Waals surface area contributed by atoms with Crippen LogP contribution in [-0.2, 0) is 4.79 Å². The molecule has 1 aliphatic rings. The summed E-state index contributed by atoms with van der Waals surface area (Å²) in [5, 5.41) is 6.51. The predicted molar refractivity (Wildman–Crippen MR) is 84.8 cm³/mol. The summed E-state index contributed by atoms with van der Waals surface area (Å²) >= 11 is 0. The second-order valence-corrected chi connectivity index (χ2v) is 6.15. The van der Waals surface area contributed by atoms with Crippen LogP contribution in [0.3, 0.4) is 0 Å². The van der Waals surface area contributed by atoms with Gasteiger partial charge in [-0.05, 0) is 65.6 Å². The lowest BCUT2D eigenvalue weighted by atomic mass is 9.90. The summed E-state index contributed by atoms with van der Waals surface area (Å²) in [6.07, 6.45) is 4.39. The minimum Gasteiger partial charge on any atom is -0.352 e. The molecule has 0 aromatic rings. The van der Waals surface area contributed by atoms with Crippen molar-refractivity contribution in [2.75, 3.05) is 20.1 Å². The van der Waals surface area contributed by atoms with Gasteiger partial charge in [-0.1, -0.05) is 13.8 Å². The van der Waals surface area contributed by atoms with E-state index in [2.05, 4.69) is 36.3 Å². The van der Waals surface area contributed by atoms with E-state index >= 15 is 0 Å². The number of piperidine rings is 1. The number of hydrogen-bond acceptors (Lipinski definition) is 3. The molecule has 1 saturated heterocycles. The van der Waals surface area contributed by atoms with E-state index in [4.69, 9.17) is 0 Å². The molecule has 1 amide bonds. The molecule has 1 heterocycles. The third-order valence-electron chi connectivity index (χ3n) is 5.00. The minimum absolute atomic E-state index is 0.00134. The fraction of sp³-hybridized carbons (Fsp3) is 0.938. The van der Waals surface area contributed by atoms with Gasteiger partial charge in [-0.15, -0.1) is 0 Å². The van der Waals surface area contributed by atoms with Gasteiger partial charge in [0.05, 0.1) is 6.04 Å². The van der Waals surface area contributed by atoms with Crippen LogP contribution in [0.5, 0.6) is 0 Å². The molecule has 2 atom stereocenters. The first-order valence-electron chi connectivity index (χ1n) is 8.25. The van der Waals surface area contributed by atoms with Crippen LogP contribution >= 0.6 is 0 Å². The number of nitrogens with zero attached hydrogens (tertiary/aromatic N) is 1. The maximum Gasteiger partial charge on any atom is 0.237 e. The number of carbonyl (C=O) groups excluding carboxylic acids is 1. The van der Waals surface area contributed by atoms with E-state index in [0.717, 1.165) is 31.8 Å². The molecule has 1 aliphatic heterocycles. The Bertz CT molecular complexity index is 283. The van der Waals surface area contributed by atoms with Gasteiger partial charge in [-0.3, -0.25) is 9.69 Å². The van der Waals surface area contributed by atoms with Crippen molar-refractivity contribution in [3.63, 3.8) is 0 Å². The summed E-state index contributed by atoms with van der Waals surface area (Å²) in [5.74, 6) is 0.935. The maximum absolute atomic E-state index is 12.3. The van der Waals surface area contributed by atoms with E-state index in [0.29, 0.717) is 12.1 Å². The van der Waals surface area contributed by atoms with E-state index in [9.17, 15) is 4.79 Å². The van der Waals surface area contributed by atoms with Crippen LogP contribution < -0.4 is 10.6 Å². The molecule has 0 bridgehead atoms. The predicted octanol–water partition coefficient (Wildman–Crippen LogP) is 2.00. The third-order valence-corrected chi connectivity index (χ3v) is 5.00. The molecule has 0 saturated carbocycles. The number of likely N-dealkylation sites (tertiary alicyclic amines) is 1. The largest absolute Gasteiger partial charge is 0.352 e. The first-order valence-corrected chi connectivity index (χ1v) is 8.25. The van der Waals surface area contributed by atoms with Gasteiger partial charge < -0.3 is 10.6 Å². The van der Waals surface area contributed by atoms with Gasteiger partial charge in [0.1, 0.15) is 0 Å². The number of carbonyl (C=O) groups is 1. The second-order valence-electron chi connectivity index (χ2n) is 6.15. The zero-order valence-corrected chi connectivity index (χ0v) is 13.9. The van der Waals surface area contributed by atoms with Crippen LogP contribution in [0.4, 0.5) is 0 Å². The van der Waals surface area contributed by atoms with Gasteiger partial charge in [-0.25, -0.2) is 0 Å². The third kappa shape index (κ3) is 4.74. The lowest BCUT2D eigenvalue weighted by Gasteiger charge is -2.37. The van der Waals surface area contributed by atoms with Crippen molar-refractivity contribution < 1.29 is 4.79 Å². The standard InChI is InChI=1S/C16H33N3O/c1-6-15(7-2)18-16(20)13(4)19-10-8-14(9-11-19)12(3)17-5/h12-15,17H,6-11H2,1-5H3,(H,18,20). The van der Waals surface area contributed by atoms with E-state index < -0.39 is 0 Å². The fourth-order valence-corrected chi connectivity index (χ4v) is 3.02. The molecule has 2 N–H and O–H groups in total. The van der Waals surface area contributed by atoms with E-state index in [1.807, 2.05) is 14.0 Å². The van der Waals surface area contributed by atoms with Crippen molar-refractivity contribution in [1.29, 1.82) is 0 Å².